The number of likely N-dealkylation sites (N-methyl/N-ethyl adjacent to an activating group) is 1. The fourth-order valence-electron chi connectivity index (χ4n) is 2.30. The second-order valence-corrected chi connectivity index (χ2v) is 5.03. The highest BCUT2D eigenvalue weighted by Crippen LogP contribution is 2.07. The minimum absolute atomic E-state index is 0.280. The molecule has 1 aromatic carbocycles. The zero-order valence-corrected chi connectivity index (χ0v) is 12.0. The first-order valence-electron chi connectivity index (χ1n) is 7.16. The summed E-state index contributed by atoms with van der Waals surface area (Å²) in [5.74, 6) is -0.280. The van der Waals surface area contributed by atoms with Crippen molar-refractivity contribution in [2.24, 2.45) is 0 Å². The smallest absolute Gasteiger partial charge is 0.338 e. The lowest BCUT2D eigenvalue weighted by Gasteiger charge is -2.33. The summed E-state index contributed by atoms with van der Waals surface area (Å²) in [6, 6.07) is 6.80. The van der Waals surface area contributed by atoms with Crippen molar-refractivity contribution in [2.75, 3.05) is 51.6 Å². The molecule has 0 aliphatic carbocycles. The minimum Gasteiger partial charge on any atom is -0.461 e. The second kappa shape index (κ2) is 7.26. The third-order valence-electron chi connectivity index (χ3n) is 3.70. The fraction of sp³-hybridized carbons (Fsp3) is 0.533. The average Bonchev–Trinajstić information content (AvgIpc) is 2.48. The predicted octanol–water partition coefficient (Wildman–Crippen LogP) is 1.06. The Morgan fingerprint density at radius 2 is 1.75 bits per heavy atom. The topological polar surface area (TPSA) is 58.8 Å². The van der Waals surface area contributed by atoms with Crippen LogP contribution < -0.4 is 5.73 Å². The van der Waals surface area contributed by atoms with E-state index in [1.165, 1.54) is 0 Å². The normalized spacial score (nSPS) is 17.1. The molecule has 1 fully saturated rings. The van der Waals surface area contributed by atoms with Crippen LogP contribution in [0.25, 0.3) is 0 Å². The monoisotopic (exact) mass is 277 g/mol. The molecule has 20 heavy (non-hydrogen) atoms. The fourth-order valence-corrected chi connectivity index (χ4v) is 2.30. The number of carbonyl (C=O) groups is 1. The number of benzene rings is 1. The molecule has 1 aromatic rings. The van der Waals surface area contributed by atoms with E-state index >= 15 is 0 Å². The van der Waals surface area contributed by atoms with Crippen LogP contribution in [-0.2, 0) is 4.74 Å². The zero-order chi connectivity index (χ0) is 14.4. The van der Waals surface area contributed by atoms with E-state index in [1.54, 1.807) is 24.3 Å². The van der Waals surface area contributed by atoms with Gasteiger partial charge >= 0.3 is 5.97 Å². The SMILES string of the molecule is CCN1CCN(CCOC(=O)c2ccc(N)cc2)CC1. The number of anilines is 1. The van der Waals surface area contributed by atoms with Crippen molar-refractivity contribution in [1.29, 1.82) is 0 Å². The average molecular weight is 277 g/mol. The van der Waals surface area contributed by atoms with E-state index in [2.05, 4.69) is 16.7 Å². The number of hydrogen-bond acceptors (Lipinski definition) is 5. The third kappa shape index (κ3) is 4.21. The molecule has 0 amide bonds. The van der Waals surface area contributed by atoms with Crippen molar-refractivity contribution in [3.05, 3.63) is 29.8 Å². The first-order valence-corrected chi connectivity index (χ1v) is 7.16. The van der Waals surface area contributed by atoms with E-state index in [-0.39, 0.29) is 5.97 Å². The van der Waals surface area contributed by atoms with E-state index in [4.69, 9.17) is 10.5 Å². The molecule has 2 rings (SSSR count). The van der Waals surface area contributed by atoms with Crippen molar-refractivity contribution in [1.82, 2.24) is 9.80 Å². The molecule has 2 N–H and O–H groups in total. The minimum atomic E-state index is -0.280. The van der Waals surface area contributed by atoms with Gasteiger partial charge in [0.1, 0.15) is 6.61 Å². The number of hydrogen-bond donors (Lipinski definition) is 1. The van der Waals surface area contributed by atoms with Crippen molar-refractivity contribution < 1.29 is 9.53 Å². The number of nitrogens with zero attached hydrogens (tertiary/aromatic N) is 2. The lowest BCUT2D eigenvalue weighted by Crippen LogP contribution is -2.47. The Hall–Kier alpha value is -1.59. The van der Waals surface area contributed by atoms with E-state index in [9.17, 15) is 4.79 Å². The van der Waals surface area contributed by atoms with Crippen LogP contribution in [0, 0.1) is 0 Å². The highest BCUT2D eigenvalue weighted by Gasteiger charge is 2.15. The maximum atomic E-state index is 11.8. The molecule has 0 atom stereocenters. The Bertz CT molecular complexity index is 425. The van der Waals surface area contributed by atoms with Crippen LogP contribution in [0.2, 0.25) is 0 Å². The van der Waals surface area contributed by atoms with Crippen molar-refractivity contribution in [2.45, 2.75) is 6.92 Å². The molecule has 0 saturated carbocycles. The van der Waals surface area contributed by atoms with Crippen molar-refractivity contribution in [3.63, 3.8) is 0 Å². The Morgan fingerprint density at radius 1 is 1.15 bits per heavy atom. The third-order valence-corrected chi connectivity index (χ3v) is 3.70. The molecule has 0 bridgehead atoms. The van der Waals surface area contributed by atoms with Crippen molar-refractivity contribution >= 4 is 11.7 Å². The molecule has 0 spiro atoms. The summed E-state index contributed by atoms with van der Waals surface area (Å²) in [6.45, 7) is 8.84. The van der Waals surface area contributed by atoms with Crippen LogP contribution in [0.1, 0.15) is 17.3 Å². The van der Waals surface area contributed by atoms with Gasteiger partial charge < -0.3 is 15.4 Å². The zero-order valence-electron chi connectivity index (χ0n) is 12.0. The highest BCUT2D eigenvalue weighted by molar-refractivity contribution is 5.89. The Morgan fingerprint density at radius 3 is 2.35 bits per heavy atom. The molecule has 1 aliphatic heterocycles. The second-order valence-electron chi connectivity index (χ2n) is 5.03. The quantitative estimate of drug-likeness (QED) is 0.644. The summed E-state index contributed by atoms with van der Waals surface area (Å²) < 4.78 is 5.29. The summed E-state index contributed by atoms with van der Waals surface area (Å²) in [6.07, 6.45) is 0. The number of nitrogen functional groups attached to an aromatic ring is 1. The van der Waals surface area contributed by atoms with Crippen molar-refractivity contribution in [3.8, 4) is 0 Å². The Balaban J connectivity index is 1.68. The van der Waals surface area contributed by atoms with Crippen LogP contribution in [-0.4, -0.2) is 61.6 Å². The predicted molar refractivity (Wildman–Crippen MR) is 79.7 cm³/mol. The number of nitrogens with two attached hydrogens (primary N) is 1. The first-order chi connectivity index (χ1) is 9.69. The molecule has 0 radical (unpaired) electrons. The molecular formula is C15H23N3O2. The molecule has 5 nitrogen and oxygen atoms in total. The molecule has 0 unspecified atom stereocenters. The summed E-state index contributed by atoms with van der Waals surface area (Å²) in [7, 11) is 0. The van der Waals surface area contributed by atoms with Gasteiger partial charge in [-0.15, -0.1) is 0 Å². The van der Waals surface area contributed by atoms with Gasteiger partial charge in [-0.3, -0.25) is 4.90 Å². The molecule has 1 aliphatic rings. The standard InChI is InChI=1S/C15H23N3O2/c1-2-17-7-9-18(10-8-17)11-12-20-15(19)13-3-5-14(16)6-4-13/h3-6H,2,7-12,16H2,1H3. The molecular weight excluding hydrogens is 254 g/mol. The maximum absolute atomic E-state index is 11.8. The molecule has 0 aromatic heterocycles. The Kier molecular flexibility index (Phi) is 5.38. The lowest BCUT2D eigenvalue weighted by atomic mass is 10.2. The number of ether oxygens (including phenoxy) is 1. The first kappa shape index (κ1) is 14.8. The summed E-state index contributed by atoms with van der Waals surface area (Å²) >= 11 is 0. The number of carbonyl (C=O) groups excluding carboxylic acids is 1. The van der Waals surface area contributed by atoms with Gasteiger partial charge in [0.25, 0.3) is 0 Å². The van der Waals surface area contributed by atoms with Crippen LogP contribution in [0.15, 0.2) is 24.3 Å². The Labute approximate surface area is 120 Å². The largest absolute Gasteiger partial charge is 0.461 e. The van der Waals surface area contributed by atoms with Gasteiger partial charge in [-0.2, -0.15) is 0 Å². The van der Waals surface area contributed by atoms with Gasteiger partial charge in [-0.1, -0.05) is 6.92 Å². The van der Waals surface area contributed by atoms with Gasteiger partial charge in [-0.05, 0) is 30.8 Å². The van der Waals surface area contributed by atoms with E-state index in [0.717, 1.165) is 39.3 Å². The van der Waals surface area contributed by atoms with Gasteiger partial charge in [0, 0.05) is 38.4 Å². The maximum Gasteiger partial charge on any atom is 0.338 e. The summed E-state index contributed by atoms with van der Waals surface area (Å²) in [5.41, 5.74) is 6.78. The molecule has 1 heterocycles. The van der Waals surface area contributed by atoms with Crippen LogP contribution in [0.4, 0.5) is 5.69 Å². The summed E-state index contributed by atoms with van der Waals surface area (Å²) in [5, 5.41) is 0. The van der Waals surface area contributed by atoms with Crippen LogP contribution in [0.5, 0.6) is 0 Å². The number of rotatable bonds is 5. The van der Waals surface area contributed by atoms with Gasteiger partial charge in [-0.25, -0.2) is 4.79 Å². The van der Waals surface area contributed by atoms with E-state index in [0.29, 0.717) is 17.9 Å². The molecule has 1 saturated heterocycles. The highest BCUT2D eigenvalue weighted by atomic mass is 16.5. The number of esters is 1. The molecule has 110 valence electrons. The van der Waals surface area contributed by atoms with Gasteiger partial charge in [0.15, 0.2) is 0 Å². The van der Waals surface area contributed by atoms with Gasteiger partial charge in [0.2, 0.25) is 0 Å². The van der Waals surface area contributed by atoms with Gasteiger partial charge in [0.05, 0.1) is 5.56 Å². The van der Waals surface area contributed by atoms with Crippen LogP contribution >= 0.6 is 0 Å². The lowest BCUT2D eigenvalue weighted by molar-refractivity contribution is 0.0425. The number of piperazine rings is 1. The summed E-state index contributed by atoms with van der Waals surface area (Å²) in [4.78, 5) is 16.6. The van der Waals surface area contributed by atoms with Crippen LogP contribution in [0.3, 0.4) is 0 Å². The molecule has 5 heteroatoms. The van der Waals surface area contributed by atoms with E-state index in [1.807, 2.05) is 0 Å². The van der Waals surface area contributed by atoms with E-state index < -0.39 is 0 Å².